The predicted octanol–water partition coefficient (Wildman–Crippen LogP) is 2.34. The van der Waals surface area contributed by atoms with Crippen molar-refractivity contribution < 1.29 is 14.0 Å². The lowest BCUT2D eigenvalue weighted by atomic mass is 10.1. The number of urea groups is 1. The second kappa shape index (κ2) is 8.01. The molecule has 3 rings (SSSR count). The normalized spacial score (nSPS) is 18.6. The fraction of sp³-hybridized carbons (Fsp3) is 0.529. The Balaban J connectivity index is 1.39. The second-order valence-corrected chi connectivity index (χ2v) is 7.02. The fourth-order valence-corrected chi connectivity index (χ4v) is 3.09. The molecule has 1 aromatic rings. The molecule has 2 aliphatic rings. The topological polar surface area (TPSA) is 73.5 Å². The Labute approximate surface area is 151 Å². The number of piperidine rings is 1. The summed E-state index contributed by atoms with van der Waals surface area (Å²) in [6.07, 6.45) is 3.73. The first kappa shape index (κ1) is 17.9. The first-order chi connectivity index (χ1) is 12.0. The smallest absolute Gasteiger partial charge is 0.319 e. The van der Waals surface area contributed by atoms with Gasteiger partial charge in [0.05, 0.1) is 17.3 Å². The number of benzene rings is 1. The van der Waals surface area contributed by atoms with Crippen LogP contribution in [-0.4, -0.2) is 48.6 Å². The van der Waals surface area contributed by atoms with Gasteiger partial charge in [0, 0.05) is 25.2 Å². The molecular formula is C17H22ClFN4O2. The number of anilines is 1. The van der Waals surface area contributed by atoms with E-state index in [1.54, 1.807) is 0 Å². The molecule has 1 aromatic carbocycles. The molecule has 0 spiro atoms. The number of hydrogen-bond donors (Lipinski definition) is 3. The van der Waals surface area contributed by atoms with Crippen LogP contribution < -0.4 is 16.0 Å². The third kappa shape index (κ3) is 5.57. The van der Waals surface area contributed by atoms with Gasteiger partial charge in [-0.2, -0.15) is 0 Å². The Bertz CT molecular complexity index is 646. The van der Waals surface area contributed by atoms with Gasteiger partial charge in [-0.1, -0.05) is 11.6 Å². The lowest BCUT2D eigenvalue weighted by Crippen LogP contribution is -2.48. The van der Waals surface area contributed by atoms with Gasteiger partial charge in [0.25, 0.3) is 0 Å². The third-order valence-corrected chi connectivity index (χ3v) is 4.72. The van der Waals surface area contributed by atoms with Crippen molar-refractivity contribution in [1.82, 2.24) is 15.5 Å². The molecule has 6 nitrogen and oxygen atoms in total. The van der Waals surface area contributed by atoms with Crippen LogP contribution in [0.3, 0.4) is 0 Å². The molecule has 1 heterocycles. The van der Waals surface area contributed by atoms with Crippen LogP contribution in [0.4, 0.5) is 14.9 Å². The minimum absolute atomic E-state index is 0.0435. The number of halogens is 2. The monoisotopic (exact) mass is 368 g/mol. The molecule has 0 bridgehead atoms. The average molecular weight is 369 g/mol. The average Bonchev–Trinajstić information content (AvgIpc) is 3.36. The molecule has 0 unspecified atom stereocenters. The molecule has 25 heavy (non-hydrogen) atoms. The maximum absolute atomic E-state index is 13.0. The molecule has 3 N–H and O–H groups in total. The molecular weight excluding hydrogens is 347 g/mol. The summed E-state index contributed by atoms with van der Waals surface area (Å²) in [4.78, 5) is 26.0. The molecule has 136 valence electrons. The first-order valence-corrected chi connectivity index (χ1v) is 8.91. The van der Waals surface area contributed by atoms with E-state index < -0.39 is 5.82 Å². The molecule has 1 saturated carbocycles. The van der Waals surface area contributed by atoms with Crippen molar-refractivity contribution in [3.8, 4) is 0 Å². The minimum Gasteiger partial charge on any atom is -0.352 e. The Morgan fingerprint density at radius 1 is 1.12 bits per heavy atom. The third-order valence-electron chi connectivity index (χ3n) is 4.41. The van der Waals surface area contributed by atoms with E-state index >= 15 is 0 Å². The Hall–Kier alpha value is -1.86. The highest BCUT2D eigenvalue weighted by molar-refractivity contribution is 6.33. The summed E-state index contributed by atoms with van der Waals surface area (Å²) in [5.74, 6) is -0.369. The molecule has 3 amide bonds. The maximum atomic E-state index is 13.0. The van der Waals surface area contributed by atoms with Gasteiger partial charge >= 0.3 is 6.03 Å². The molecule has 8 heteroatoms. The molecule has 0 aromatic heterocycles. The minimum atomic E-state index is -0.450. The zero-order chi connectivity index (χ0) is 17.8. The number of amides is 3. The van der Waals surface area contributed by atoms with Gasteiger partial charge in [-0.05, 0) is 43.9 Å². The van der Waals surface area contributed by atoms with Crippen LogP contribution >= 0.6 is 11.6 Å². The van der Waals surface area contributed by atoms with Crippen LogP contribution in [0.25, 0.3) is 0 Å². The van der Waals surface area contributed by atoms with Crippen LogP contribution in [-0.2, 0) is 4.79 Å². The summed E-state index contributed by atoms with van der Waals surface area (Å²) in [5.41, 5.74) is 0.370. The second-order valence-electron chi connectivity index (χ2n) is 6.61. The number of rotatable bonds is 5. The van der Waals surface area contributed by atoms with Gasteiger partial charge in [0.15, 0.2) is 0 Å². The van der Waals surface area contributed by atoms with E-state index in [2.05, 4.69) is 20.9 Å². The highest BCUT2D eigenvalue weighted by Gasteiger charge is 2.26. The standard InChI is InChI=1S/C17H22ClFN4O2/c18-14-9-11(19)1-4-15(14)22-17(25)21-13-5-7-23(8-6-13)10-16(24)20-12-2-3-12/h1,4,9,12-13H,2-3,5-8,10H2,(H,20,24)(H2,21,22,25). The van der Waals surface area contributed by atoms with Gasteiger partial charge < -0.3 is 16.0 Å². The zero-order valence-corrected chi connectivity index (χ0v) is 14.6. The predicted molar refractivity (Wildman–Crippen MR) is 94.2 cm³/mol. The van der Waals surface area contributed by atoms with Gasteiger partial charge in [-0.3, -0.25) is 9.69 Å². The fourth-order valence-electron chi connectivity index (χ4n) is 2.87. The van der Waals surface area contributed by atoms with Crippen LogP contribution in [0, 0.1) is 5.82 Å². The van der Waals surface area contributed by atoms with Crippen molar-refractivity contribution in [1.29, 1.82) is 0 Å². The number of hydrogen-bond acceptors (Lipinski definition) is 3. The summed E-state index contributed by atoms with van der Waals surface area (Å²) in [7, 11) is 0. The van der Waals surface area contributed by atoms with E-state index in [4.69, 9.17) is 11.6 Å². The molecule has 1 aliphatic heterocycles. The Kier molecular flexibility index (Phi) is 5.75. The van der Waals surface area contributed by atoms with E-state index in [0.717, 1.165) is 44.8 Å². The lowest BCUT2D eigenvalue weighted by Gasteiger charge is -2.31. The van der Waals surface area contributed by atoms with Crippen molar-refractivity contribution in [2.24, 2.45) is 0 Å². The summed E-state index contributed by atoms with van der Waals surface area (Å²) in [5, 5.41) is 8.67. The van der Waals surface area contributed by atoms with E-state index in [-0.39, 0.29) is 23.0 Å². The van der Waals surface area contributed by atoms with Crippen molar-refractivity contribution in [3.63, 3.8) is 0 Å². The number of likely N-dealkylation sites (tertiary alicyclic amines) is 1. The maximum Gasteiger partial charge on any atom is 0.319 e. The number of nitrogens with one attached hydrogen (secondary N) is 3. The van der Waals surface area contributed by atoms with Gasteiger partial charge in [0.1, 0.15) is 5.82 Å². The Morgan fingerprint density at radius 3 is 2.44 bits per heavy atom. The van der Waals surface area contributed by atoms with Gasteiger partial charge in [-0.15, -0.1) is 0 Å². The number of nitrogens with zero attached hydrogens (tertiary/aromatic N) is 1. The van der Waals surface area contributed by atoms with Crippen LogP contribution in [0.15, 0.2) is 18.2 Å². The zero-order valence-electron chi connectivity index (χ0n) is 13.9. The van der Waals surface area contributed by atoms with Crippen LogP contribution in [0.1, 0.15) is 25.7 Å². The first-order valence-electron chi connectivity index (χ1n) is 8.54. The van der Waals surface area contributed by atoms with Crippen molar-refractivity contribution in [2.75, 3.05) is 25.0 Å². The van der Waals surface area contributed by atoms with E-state index in [1.165, 1.54) is 12.1 Å². The molecule has 1 aliphatic carbocycles. The highest BCUT2D eigenvalue weighted by atomic mass is 35.5. The van der Waals surface area contributed by atoms with Crippen molar-refractivity contribution >= 4 is 29.2 Å². The van der Waals surface area contributed by atoms with Gasteiger partial charge in [0.2, 0.25) is 5.91 Å². The number of carbonyl (C=O) groups excluding carboxylic acids is 2. The van der Waals surface area contributed by atoms with Crippen molar-refractivity contribution in [3.05, 3.63) is 29.0 Å². The summed E-state index contributed by atoms with van der Waals surface area (Å²) >= 11 is 5.90. The van der Waals surface area contributed by atoms with Crippen molar-refractivity contribution in [2.45, 2.75) is 37.8 Å². The SMILES string of the molecule is O=C(CN1CCC(NC(=O)Nc2ccc(F)cc2Cl)CC1)NC1CC1. The molecule has 0 radical (unpaired) electrons. The Morgan fingerprint density at radius 2 is 1.80 bits per heavy atom. The lowest BCUT2D eigenvalue weighted by molar-refractivity contribution is -0.122. The summed E-state index contributed by atoms with van der Waals surface area (Å²) in [6.45, 7) is 1.95. The highest BCUT2D eigenvalue weighted by Crippen LogP contribution is 2.22. The quantitative estimate of drug-likeness (QED) is 0.747. The summed E-state index contributed by atoms with van der Waals surface area (Å²) < 4.78 is 13.0. The molecule has 0 atom stereocenters. The van der Waals surface area contributed by atoms with Gasteiger partial charge in [-0.25, -0.2) is 9.18 Å². The number of carbonyl (C=O) groups is 2. The summed E-state index contributed by atoms with van der Waals surface area (Å²) in [6, 6.07) is 3.89. The van der Waals surface area contributed by atoms with Crippen LogP contribution in [0.2, 0.25) is 5.02 Å². The van der Waals surface area contributed by atoms with E-state index in [0.29, 0.717) is 18.3 Å². The van der Waals surface area contributed by atoms with E-state index in [9.17, 15) is 14.0 Å². The molecule has 1 saturated heterocycles. The largest absolute Gasteiger partial charge is 0.352 e. The van der Waals surface area contributed by atoms with Crippen LogP contribution in [0.5, 0.6) is 0 Å². The molecule has 2 fully saturated rings. The van der Waals surface area contributed by atoms with E-state index in [1.807, 2.05) is 0 Å².